The Morgan fingerprint density at radius 2 is 2.27 bits per heavy atom. The molecule has 0 saturated carbocycles. The number of pyridine rings is 1. The topological polar surface area (TPSA) is 102 Å². The monoisotopic (exact) mass is 232 g/mol. The Morgan fingerprint density at radius 3 is 2.73 bits per heavy atom. The van der Waals surface area contributed by atoms with E-state index in [2.05, 4.69) is 0 Å². The van der Waals surface area contributed by atoms with Gasteiger partial charge >= 0.3 is 11.7 Å². The van der Waals surface area contributed by atoms with Crippen molar-refractivity contribution in [3.05, 3.63) is 37.8 Å². The molecule has 0 aliphatic rings. The summed E-state index contributed by atoms with van der Waals surface area (Å²) in [5, 5.41) is 18.5. The molecular weight excluding hydrogens is 228 g/mol. The van der Waals surface area contributed by atoms with Crippen molar-refractivity contribution in [1.82, 2.24) is 4.57 Å². The van der Waals surface area contributed by atoms with Crippen LogP contribution in [-0.2, 0) is 11.3 Å². The summed E-state index contributed by atoms with van der Waals surface area (Å²) in [5.41, 5.74) is -1.20. The number of nitro groups is 1. The van der Waals surface area contributed by atoms with Crippen molar-refractivity contribution >= 4 is 23.3 Å². The highest BCUT2D eigenvalue weighted by Gasteiger charge is 2.15. The zero-order valence-electron chi connectivity index (χ0n) is 7.21. The molecule has 8 heteroatoms. The summed E-state index contributed by atoms with van der Waals surface area (Å²) in [6, 6.07) is 0.808. The third-order valence-corrected chi connectivity index (χ3v) is 1.86. The molecule has 1 rings (SSSR count). The lowest BCUT2D eigenvalue weighted by Gasteiger charge is -2.01. The molecule has 0 saturated heterocycles. The molecule has 1 N–H and O–H groups in total. The molecule has 0 aliphatic carbocycles. The Kier molecular flexibility index (Phi) is 3.05. The molecule has 0 fully saturated rings. The second kappa shape index (κ2) is 4.09. The highest BCUT2D eigenvalue weighted by molar-refractivity contribution is 6.32. The van der Waals surface area contributed by atoms with Crippen LogP contribution in [0, 0.1) is 10.1 Å². The van der Waals surface area contributed by atoms with Gasteiger partial charge in [-0.05, 0) is 0 Å². The van der Waals surface area contributed by atoms with Crippen LogP contribution in [0.4, 0.5) is 5.69 Å². The number of nitrogens with zero attached hydrogens (tertiary/aromatic N) is 2. The number of rotatable bonds is 3. The SMILES string of the molecule is O=C(O)Cn1cc([N+](=O)[O-])c(Cl)cc1=O. The first-order valence-corrected chi connectivity index (χ1v) is 4.06. The number of aliphatic carboxylic acids is 1. The molecule has 0 radical (unpaired) electrons. The quantitative estimate of drug-likeness (QED) is 0.604. The smallest absolute Gasteiger partial charge is 0.323 e. The molecule has 0 atom stereocenters. The number of hydrogen-bond donors (Lipinski definition) is 1. The number of halogens is 1. The maximum atomic E-state index is 11.1. The Balaban J connectivity index is 3.29. The van der Waals surface area contributed by atoms with Gasteiger partial charge in [0.25, 0.3) is 5.56 Å². The van der Waals surface area contributed by atoms with Crippen molar-refractivity contribution in [1.29, 1.82) is 0 Å². The molecule has 0 spiro atoms. The van der Waals surface area contributed by atoms with E-state index >= 15 is 0 Å². The van der Waals surface area contributed by atoms with Crippen LogP contribution >= 0.6 is 11.6 Å². The Hall–Kier alpha value is -1.89. The number of hydrogen-bond acceptors (Lipinski definition) is 4. The van der Waals surface area contributed by atoms with Crippen LogP contribution < -0.4 is 5.56 Å². The number of carboxylic acid groups (broad SMARTS) is 1. The normalized spacial score (nSPS) is 9.93. The lowest BCUT2D eigenvalue weighted by Crippen LogP contribution is -2.23. The van der Waals surface area contributed by atoms with Gasteiger partial charge in [-0.1, -0.05) is 11.6 Å². The van der Waals surface area contributed by atoms with Crippen LogP contribution in [0.2, 0.25) is 5.02 Å². The van der Waals surface area contributed by atoms with Crippen LogP contribution in [0.3, 0.4) is 0 Å². The van der Waals surface area contributed by atoms with Crippen LogP contribution in [0.5, 0.6) is 0 Å². The summed E-state index contributed by atoms with van der Waals surface area (Å²) in [7, 11) is 0. The molecule has 1 aromatic heterocycles. The van der Waals surface area contributed by atoms with E-state index in [1.807, 2.05) is 0 Å². The van der Waals surface area contributed by atoms with Gasteiger partial charge in [-0.3, -0.25) is 24.3 Å². The molecular formula is C7H5ClN2O5. The number of aromatic nitrogens is 1. The van der Waals surface area contributed by atoms with Crippen LogP contribution in [-0.4, -0.2) is 20.6 Å². The van der Waals surface area contributed by atoms with E-state index in [-0.39, 0.29) is 5.02 Å². The lowest BCUT2D eigenvalue weighted by molar-refractivity contribution is -0.385. The van der Waals surface area contributed by atoms with Gasteiger partial charge in [0.2, 0.25) is 0 Å². The molecule has 80 valence electrons. The average molecular weight is 233 g/mol. The summed E-state index contributed by atoms with van der Waals surface area (Å²) in [4.78, 5) is 31.1. The maximum Gasteiger partial charge on any atom is 0.323 e. The fraction of sp³-hybridized carbons (Fsp3) is 0.143. The minimum absolute atomic E-state index is 0.313. The van der Waals surface area contributed by atoms with Gasteiger partial charge in [0.1, 0.15) is 11.6 Å². The van der Waals surface area contributed by atoms with E-state index < -0.39 is 28.7 Å². The largest absolute Gasteiger partial charge is 0.480 e. The average Bonchev–Trinajstić information content (AvgIpc) is 2.08. The fourth-order valence-corrected chi connectivity index (χ4v) is 1.15. The van der Waals surface area contributed by atoms with Gasteiger partial charge in [0.05, 0.1) is 11.1 Å². The van der Waals surface area contributed by atoms with Gasteiger partial charge in [-0.15, -0.1) is 0 Å². The van der Waals surface area contributed by atoms with E-state index in [1.165, 1.54) is 0 Å². The predicted octanol–water partition coefficient (Wildman–Crippen LogP) is 0.494. The summed E-state index contributed by atoms with van der Waals surface area (Å²) in [6.07, 6.45) is 0.804. The minimum atomic E-state index is -1.27. The van der Waals surface area contributed by atoms with Crippen LogP contribution in [0.15, 0.2) is 17.1 Å². The van der Waals surface area contributed by atoms with Crippen molar-refractivity contribution in [2.45, 2.75) is 6.54 Å². The first kappa shape index (κ1) is 11.2. The van der Waals surface area contributed by atoms with Crippen molar-refractivity contribution in [2.24, 2.45) is 0 Å². The predicted molar refractivity (Wildman–Crippen MR) is 50.0 cm³/mol. The standard InChI is InChI=1S/C7H5ClN2O5/c8-4-1-6(11)9(3-7(12)13)2-5(4)10(14)15/h1-2H,3H2,(H,12,13). The van der Waals surface area contributed by atoms with E-state index in [1.54, 1.807) is 0 Å². The van der Waals surface area contributed by atoms with Gasteiger partial charge in [0, 0.05) is 6.07 Å². The Morgan fingerprint density at radius 1 is 1.67 bits per heavy atom. The molecule has 1 heterocycles. The molecule has 0 aromatic carbocycles. The molecule has 0 aliphatic heterocycles. The van der Waals surface area contributed by atoms with Gasteiger partial charge < -0.3 is 5.11 Å². The second-order valence-corrected chi connectivity index (χ2v) is 3.03. The zero-order valence-corrected chi connectivity index (χ0v) is 7.97. The lowest BCUT2D eigenvalue weighted by atomic mass is 10.4. The summed E-state index contributed by atoms with van der Waals surface area (Å²) < 4.78 is 0.701. The van der Waals surface area contributed by atoms with Crippen molar-refractivity contribution < 1.29 is 14.8 Å². The van der Waals surface area contributed by atoms with Crippen molar-refractivity contribution in [3.8, 4) is 0 Å². The third kappa shape index (κ3) is 2.53. The third-order valence-electron chi connectivity index (χ3n) is 1.56. The highest BCUT2D eigenvalue weighted by atomic mass is 35.5. The Bertz CT molecular complexity index is 481. The van der Waals surface area contributed by atoms with Gasteiger partial charge in [-0.2, -0.15) is 0 Å². The van der Waals surface area contributed by atoms with Crippen LogP contribution in [0.1, 0.15) is 0 Å². The molecule has 0 unspecified atom stereocenters. The van der Waals surface area contributed by atoms with Crippen LogP contribution in [0.25, 0.3) is 0 Å². The summed E-state index contributed by atoms with van der Waals surface area (Å²) >= 11 is 5.43. The first-order valence-electron chi connectivity index (χ1n) is 3.68. The molecule has 1 aromatic rings. The zero-order chi connectivity index (χ0) is 11.6. The van der Waals surface area contributed by atoms with Crippen molar-refractivity contribution in [2.75, 3.05) is 0 Å². The van der Waals surface area contributed by atoms with Gasteiger partial charge in [-0.25, -0.2) is 0 Å². The van der Waals surface area contributed by atoms with E-state index in [0.29, 0.717) is 4.57 Å². The van der Waals surface area contributed by atoms with E-state index in [4.69, 9.17) is 16.7 Å². The van der Waals surface area contributed by atoms with E-state index in [0.717, 1.165) is 12.3 Å². The summed E-state index contributed by atoms with van der Waals surface area (Å²) in [5.74, 6) is -1.27. The molecule has 7 nitrogen and oxygen atoms in total. The second-order valence-electron chi connectivity index (χ2n) is 2.62. The Labute approximate surface area is 87.7 Å². The molecule has 0 bridgehead atoms. The fourth-order valence-electron chi connectivity index (χ4n) is 0.942. The molecule has 15 heavy (non-hydrogen) atoms. The summed E-state index contributed by atoms with van der Waals surface area (Å²) in [6.45, 7) is -0.642. The van der Waals surface area contributed by atoms with Crippen molar-refractivity contribution in [3.63, 3.8) is 0 Å². The number of carboxylic acids is 1. The minimum Gasteiger partial charge on any atom is -0.480 e. The maximum absolute atomic E-state index is 11.1. The van der Waals surface area contributed by atoms with E-state index in [9.17, 15) is 19.7 Å². The highest BCUT2D eigenvalue weighted by Crippen LogP contribution is 2.20. The number of carbonyl (C=O) groups is 1. The van der Waals surface area contributed by atoms with Gasteiger partial charge in [0.15, 0.2) is 0 Å². The first-order chi connectivity index (χ1) is 6.91. The molecule has 0 amide bonds.